The second-order valence-electron chi connectivity index (χ2n) is 12.9. The van der Waals surface area contributed by atoms with E-state index in [4.69, 9.17) is 4.74 Å². The lowest BCUT2D eigenvalue weighted by atomic mass is 9.46. The Balaban J connectivity index is 1.31. The van der Waals surface area contributed by atoms with E-state index < -0.39 is 5.79 Å². The van der Waals surface area contributed by atoms with Crippen LogP contribution in [0.5, 0.6) is 0 Å². The Morgan fingerprint density at radius 1 is 1.03 bits per heavy atom. The predicted molar refractivity (Wildman–Crippen MR) is 120 cm³/mol. The SMILES string of the molecule is C[C@H](CC[C@@H]1OC1(C)C)[C@H]1CC[C@H]2[C@@H]3CC=C4CC(O)(O)CC[C@]4(C)[C@H]3CC[C@]12C. The van der Waals surface area contributed by atoms with E-state index in [2.05, 4.69) is 40.7 Å². The molecule has 5 rings (SSSR count). The number of hydrogen-bond donors (Lipinski definition) is 2. The molecule has 0 amide bonds. The Morgan fingerprint density at radius 3 is 2.47 bits per heavy atom. The maximum atomic E-state index is 10.2. The summed E-state index contributed by atoms with van der Waals surface area (Å²) >= 11 is 0. The highest BCUT2D eigenvalue weighted by molar-refractivity contribution is 5.26. The van der Waals surface area contributed by atoms with E-state index in [1.807, 2.05) is 0 Å². The van der Waals surface area contributed by atoms with Crippen LogP contribution in [0.4, 0.5) is 0 Å². The van der Waals surface area contributed by atoms with Gasteiger partial charge in [-0.05, 0) is 106 Å². The molecule has 8 atom stereocenters. The molecule has 2 N–H and O–H groups in total. The van der Waals surface area contributed by atoms with Gasteiger partial charge in [-0.15, -0.1) is 0 Å². The molecular formula is C27H44O3. The minimum Gasteiger partial charge on any atom is -0.367 e. The molecule has 3 saturated carbocycles. The van der Waals surface area contributed by atoms with Gasteiger partial charge >= 0.3 is 0 Å². The van der Waals surface area contributed by atoms with Gasteiger partial charge in [-0.25, -0.2) is 0 Å². The van der Waals surface area contributed by atoms with Crippen LogP contribution in [0.25, 0.3) is 0 Å². The van der Waals surface area contributed by atoms with Crippen LogP contribution in [0.2, 0.25) is 0 Å². The fraction of sp³-hybridized carbons (Fsp3) is 0.926. The molecule has 1 heterocycles. The molecule has 0 unspecified atom stereocenters. The number of allylic oxidation sites excluding steroid dienone is 1. The number of aliphatic hydroxyl groups is 2. The van der Waals surface area contributed by atoms with Crippen LogP contribution in [0, 0.1) is 40.4 Å². The topological polar surface area (TPSA) is 53.0 Å². The zero-order valence-corrected chi connectivity index (χ0v) is 19.9. The molecular weight excluding hydrogens is 372 g/mol. The molecule has 4 fully saturated rings. The lowest BCUT2D eigenvalue weighted by Gasteiger charge is -2.59. The Labute approximate surface area is 183 Å². The summed E-state index contributed by atoms with van der Waals surface area (Å²) in [6.45, 7) is 12.0. The smallest absolute Gasteiger partial charge is 0.166 e. The van der Waals surface area contributed by atoms with Crippen LogP contribution in [-0.4, -0.2) is 27.7 Å². The molecule has 0 radical (unpaired) electrons. The van der Waals surface area contributed by atoms with Gasteiger partial charge < -0.3 is 14.9 Å². The second-order valence-corrected chi connectivity index (χ2v) is 12.9. The first-order valence-corrected chi connectivity index (χ1v) is 12.8. The maximum absolute atomic E-state index is 10.2. The van der Waals surface area contributed by atoms with E-state index in [-0.39, 0.29) is 11.0 Å². The summed E-state index contributed by atoms with van der Waals surface area (Å²) in [5.74, 6) is 2.56. The van der Waals surface area contributed by atoms with Gasteiger partial charge in [-0.3, -0.25) is 0 Å². The maximum Gasteiger partial charge on any atom is 0.166 e. The summed E-state index contributed by atoms with van der Waals surface area (Å²) in [4.78, 5) is 0. The molecule has 0 aromatic rings. The third-order valence-electron chi connectivity index (χ3n) is 11.0. The Hall–Kier alpha value is -0.380. The summed E-state index contributed by atoms with van der Waals surface area (Å²) in [6, 6.07) is 0. The molecule has 4 aliphatic carbocycles. The van der Waals surface area contributed by atoms with Gasteiger partial charge in [0.15, 0.2) is 5.79 Å². The standard InChI is InChI=1S/C27H44O3/c1-17(6-11-23-24(2,3)30-23)20-9-10-21-19-8-7-18-16-27(28,29)15-14-25(18,4)22(19)12-13-26(20,21)5/h7,17,19-23,28-29H,6,8-16H2,1-5H3/t17-,19+,20-,21+,22+,23+,25+,26-/m1/s1. The van der Waals surface area contributed by atoms with Crippen molar-refractivity contribution >= 4 is 0 Å². The highest BCUT2D eigenvalue weighted by Gasteiger charge is 2.60. The van der Waals surface area contributed by atoms with Crippen LogP contribution in [0.15, 0.2) is 11.6 Å². The normalized spacial score (nSPS) is 49.4. The Bertz CT molecular complexity index is 724. The van der Waals surface area contributed by atoms with E-state index in [0.29, 0.717) is 24.4 Å². The first-order chi connectivity index (χ1) is 14.0. The molecule has 1 saturated heterocycles. The van der Waals surface area contributed by atoms with E-state index >= 15 is 0 Å². The largest absolute Gasteiger partial charge is 0.367 e. The molecule has 0 aromatic heterocycles. The molecule has 1 aliphatic heterocycles. The van der Waals surface area contributed by atoms with Crippen molar-refractivity contribution in [2.75, 3.05) is 0 Å². The number of fused-ring (bicyclic) bond motifs is 5. The molecule has 5 aliphatic rings. The zero-order chi connectivity index (χ0) is 21.5. The quantitative estimate of drug-likeness (QED) is 0.344. The van der Waals surface area contributed by atoms with Crippen LogP contribution >= 0.6 is 0 Å². The van der Waals surface area contributed by atoms with Crippen molar-refractivity contribution in [3.8, 4) is 0 Å². The summed E-state index contributed by atoms with van der Waals surface area (Å²) in [6.07, 6.45) is 14.1. The summed E-state index contributed by atoms with van der Waals surface area (Å²) in [5.41, 5.74) is 2.16. The summed E-state index contributed by atoms with van der Waals surface area (Å²) < 4.78 is 5.85. The molecule has 3 heteroatoms. The zero-order valence-electron chi connectivity index (χ0n) is 19.9. The lowest BCUT2D eigenvalue weighted by Crippen LogP contribution is -2.52. The van der Waals surface area contributed by atoms with Gasteiger partial charge in [0.2, 0.25) is 0 Å². The Kier molecular flexibility index (Phi) is 4.87. The average Bonchev–Trinajstić information content (AvgIpc) is 3.11. The van der Waals surface area contributed by atoms with Crippen molar-refractivity contribution in [3.63, 3.8) is 0 Å². The van der Waals surface area contributed by atoms with E-state index in [9.17, 15) is 10.2 Å². The third-order valence-corrected chi connectivity index (χ3v) is 11.0. The van der Waals surface area contributed by atoms with Crippen LogP contribution < -0.4 is 0 Å². The summed E-state index contributed by atoms with van der Waals surface area (Å²) in [5, 5.41) is 20.5. The van der Waals surface area contributed by atoms with E-state index in [0.717, 1.165) is 42.4 Å². The lowest BCUT2D eigenvalue weighted by molar-refractivity contribution is -0.189. The predicted octanol–water partition coefficient (Wildman–Crippen LogP) is 5.84. The Morgan fingerprint density at radius 2 is 1.77 bits per heavy atom. The van der Waals surface area contributed by atoms with Crippen molar-refractivity contribution in [2.45, 2.75) is 116 Å². The summed E-state index contributed by atoms with van der Waals surface area (Å²) in [7, 11) is 0. The fourth-order valence-electron chi connectivity index (χ4n) is 8.96. The molecule has 0 bridgehead atoms. The van der Waals surface area contributed by atoms with Crippen LogP contribution in [0.3, 0.4) is 0 Å². The van der Waals surface area contributed by atoms with Crippen molar-refractivity contribution < 1.29 is 14.9 Å². The molecule has 30 heavy (non-hydrogen) atoms. The third kappa shape index (κ3) is 3.25. The van der Waals surface area contributed by atoms with Gasteiger partial charge in [-0.1, -0.05) is 32.4 Å². The minimum absolute atomic E-state index is 0.127. The van der Waals surface area contributed by atoms with E-state index in [1.54, 1.807) is 0 Å². The van der Waals surface area contributed by atoms with Gasteiger partial charge in [0, 0.05) is 12.8 Å². The van der Waals surface area contributed by atoms with Crippen molar-refractivity contribution in [2.24, 2.45) is 40.4 Å². The van der Waals surface area contributed by atoms with Gasteiger partial charge in [-0.2, -0.15) is 0 Å². The minimum atomic E-state index is -1.48. The van der Waals surface area contributed by atoms with Crippen molar-refractivity contribution in [3.05, 3.63) is 11.6 Å². The second kappa shape index (κ2) is 6.81. The van der Waals surface area contributed by atoms with Crippen LogP contribution in [-0.2, 0) is 4.74 Å². The van der Waals surface area contributed by atoms with Crippen molar-refractivity contribution in [1.82, 2.24) is 0 Å². The first kappa shape index (κ1) is 21.5. The van der Waals surface area contributed by atoms with E-state index in [1.165, 1.54) is 44.1 Å². The number of rotatable bonds is 4. The highest BCUT2D eigenvalue weighted by atomic mass is 16.6. The first-order valence-electron chi connectivity index (χ1n) is 12.8. The number of ether oxygens (including phenoxy) is 1. The van der Waals surface area contributed by atoms with Crippen molar-refractivity contribution in [1.29, 1.82) is 0 Å². The molecule has 0 spiro atoms. The number of hydrogen-bond acceptors (Lipinski definition) is 3. The van der Waals surface area contributed by atoms with Crippen LogP contribution in [0.1, 0.15) is 98.8 Å². The van der Waals surface area contributed by atoms with Gasteiger partial charge in [0.05, 0.1) is 11.7 Å². The van der Waals surface area contributed by atoms with Gasteiger partial charge in [0.1, 0.15) is 0 Å². The molecule has 3 nitrogen and oxygen atoms in total. The fourth-order valence-corrected chi connectivity index (χ4v) is 8.96. The molecule has 170 valence electrons. The monoisotopic (exact) mass is 416 g/mol. The highest BCUT2D eigenvalue weighted by Crippen LogP contribution is 2.67. The van der Waals surface area contributed by atoms with Gasteiger partial charge in [0.25, 0.3) is 0 Å². The molecule has 0 aromatic carbocycles. The number of epoxide rings is 1. The average molecular weight is 417 g/mol.